The summed E-state index contributed by atoms with van der Waals surface area (Å²) in [6, 6.07) is 5.06. The van der Waals surface area contributed by atoms with Crippen LogP contribution in [0.25, 0.3) is 0 Å². The van der Waals surface area contributed by atoms with Gasteiger partial charge in [-0.25, -0.2) is 0 Å². The molecule has 1 N–H and O–H groups in total. The molecule has 2 heteroatoms. The van der Waals surface area contributed by atoms with Crippen LogP contribution in [0.1, 0.15) is 57.4 Å². The van der Waals surface area contributed by atoms with Crippen LogP contribution in [0.4, 0.5) is 0 Å². The summed E-state index contributed by atoms with van der Waals surface area (Å²) in [5.41, 5.74) is 0.572. The Labute approximate surface area is 110 Å². The zero-order chi connectivity index (χ0) is 12.3. The van der Waals surface area contributed by atoms with E-state index in [0.717, 1.165) is 12.5 Å². The normalized spacial score (nSPS) is 22.5. The van der Waals surface area contributed by atoms with Crippen molar-refractivity contribution in [2.24, 2.45) is 11.3 Å². The molecule has 1 nitrogen and oxygen atoms in total. The van der Waals surface area contributed by atoms with Gasteiger partial charge in [0.15, 0.2) is 0 Å². The smallest absolute Gasteiger partial charge is 0.0443 e. The quantitative estimate of drug-likeness (QED) is 0.823. The average Bonchev–Trinajstić information content (AvgIpc) is 2.80. The van der Waals surface area contributed by atoms with Crippen LogP contribution in [0.5, 0.6) is 0 Å². The van der Waals surface area contributed by atoms with Crippen molar-refractivity contribution < 1.29 is 0 Å². The van der Waals surface area contributed by atoms with E-state index < -0.39 is 0 Å². The molecule has 1 unspecified atom stereocenters. The standard InChI is InChI=1S/C15H25NS/c1-4-16-14(13-6-5-11-17-13)12-7-9-15(2,3)10-8-12/h5-6,11-12,14,16H,4,7-10H2,1-3H3. The molecule has 0 spiro atoms. The monoisotopic (exact) mass is 251 g/mol. The number of rotatable bonds is 4. The first-order valence-corrected chi connectivity index (χ1v) is 7.77. The highest BCUT2D eigenvalue weighted by Crippen LogP contribution is 2.43. The zero-order valence-electron chi connectivity index (χ0n) is 11.3. The first-order valence-electron chi connectivity index (χ1n) is 6.89. The van der Waals surface area contributed by atoms with Gasteiger partial charge in [-0.2, -0.15) is 0 Å². The number of thiophene rings is 1. The topological polar surface area (TPSA) is 12.0 Å². The molecule has 0 amide bonds. The van der Waals surface area contributed by atoms with Crippen molar-refractivity contribution in [3.8, 4) is 0 Å². The SMILES string of the molecule is CCNC(c1cccs1)C1CCC(C)(C)CC1. The maximum absolute atomic E-state index is 3.69. The summed E-state index contributed by atoms with van der Waals surface area (Å²) in [5, 5.41) is 5.89. The molecule has 0 aliphatic heterocycles. The van der Waals surface area contributed by atoms with Gasteiger partial charge in [-0.05, 0) is 55.0 Å². The summed E-state index contributed by atoms with van der Waals surface area (Å²) < 4.78 is 0. The van der Waals surface area contributed by atoms with Crippen LogP contribution in [0.15, 0.2) is 17.5 Å². The molecule has 1 aromatic heterocycles. The highest BCUT2D eigenvalue weighted by molar-refractivity contribution is 7.10. The second-order valence-corrected chi connectivity index (χ2v) is 7.03. The molecule has 1 heterocycles. The van der Waals surface area contributed by atoms with E-state index in [1.165, 1.54) is 30.6 Å². The van der Waals surface area contributed by atoms with Crippen molar-refractivity contribution in [1.82, 2.24) is 5.32 Å². The van der Waals surface area contributed by atoms with Crippen molar-refractivity contribution in [2.75, 3.05) is 6.54 Å². The molecule has 17 heavy (non-hydrogen) atoms. The molecule has 1 aliphatic carbocycles. The van der Waals surface area contributed by atoms with Crippen molar-refractivity contribution in [3.63, 3.8) is 0 Å². The fourth-order valence-electron chi connectivity index (χ4n) is 2.94. The zero-order valence-corrected chi connectivity index (χ0v) is 12.1. The molecule has 1 aromatic rings. The van der Waals surface area contributed by atoms with E-state index in [0.29, 0.717) is 11.5 Å². The Hall–Kier alpha value is -0.340. The predicted octanol–water partition coefficient (Wildman–Crippen LogP) is 4.62. The van der Waals surface area contributed by atoms with E-state index in [4.69, 9.17) is 0 Å². The summed E-state index contributed by atoms with van der Waals surface area (Å²) in [5.74, 6) is 0.835. The molecule has 0 bridgehead atoms. The first-order chi connectivity index (χ1) is 8.12. The van der Waals surface area contributed by atoms with E-state index in [1.807, 2.05) is 11.3 Å². The van der Waals surface area contributed by atoms with Crippen molar-refractivity contribution in [3.05, 3.63) is 22.4 Å². The average molecular weight is 251 g/mol. The van der Waals surface area contributed by atoms with Gasteiger partial charge in [0.25, 0.3) is 0 Å². The summed E-state index contributed by atoms with van der Waals surface area (Å²) >= 11 is 1.90. The highest BCUT2D eigenvalue weighted by Gasteiger charge is 2.31. The van der Waals surface area contributed by atoms with Gasteiger partial charge in [-0.3, -0.25) is 0 Å². The van der Waals surface area contributed by atoms with Gasteiger partial charge in [-0.1, -0.05) is 26.8 Å². The van der Waals surface area contributed by atoms with Crippen LogP contribution in [-0.4, -0.2) is 6.54 Å². The molecule has 1 fully saturated rings. The molecule has 2 rings (SSSR count). The maximum atomic E-state index is 3.69. The third kappa shape index (κ3) is 3.32. The maximum Gasteiger partial charge on any atom is 0.0443 e. The first kappa shape index (κ1) is 13.1. The van der Waals surface area contributed by atoms with Gasteiger partial charge < -0.3 is 5.32 Å². The minimum absolute atomic E-state index is 0.572. The predicted molar refractivity (Wildman–Crippen MR) is 76.5 cm³/mol. The lowest BCUT2D eigenvalue weighted by Gasteiger charge is -2.38. The van der Waals surface area contributed by atoms with Crippen LogP contribution in [0.3, 0.4) is 0 Å². The lowest BCUT2D eigenvalue weighted by atomic mass is 9.71. The van der Waals surface area contributed by atoms with Crippen LogP contribution < -0.4 is 5.32 Å². The van der Waals surface area contributed by atoms with E-state index in [9.17, 15) is 0 Å². The third-order valence-electron chi connectivity index (χ3n) is 4.13. The Bertz CT molecular complexity index is 319. The summed E-state index contributed by atoms with van der Waals surface area (Å²) in [6.07, 6.45) is 5.51. The summed E-state index contributed by atoms with van der Waals surface area (Å²) in [4.78, 5) is 1.52. The largest absolute Gasteiger partial charge is 0.309 e. The van der Waals surface area contributed by atoms with E-state index in [2.05, 4.69) is 43.6 Å². The minimum Gasteiger partial charge on any atom is -0.309 e. The Morgan fingerprint density at radius 2 is 2.12 bits per heavy atom. The second kappa shape index (κ2) is 5.53. The number of hydrogen-bond acceptors (Lipinski definition) is 2. The molecular formula is C15H25NS. The van der Waals surface area contributed by atoms with Crippen LogP contribution in [0.2, 0.25) is 0 Å². The Balaban J connectivity index is 2.03. The molecule has 1 saturated carbocycles. The van der Waals surface area contributed by atoms with Crippen molar-refractivity contribution in [2.45, 2.75) is 52.5 Å². The van der Waals surface area contributed by atoms with E-state index >= 15 is 0 Å². The van der Waals surface area contributed by atoms with Crippen LogP contribution in [-0.2, 0) is 0 Å². The summed E-state index contributed by atoms with van der Waals surface area (Å²) in [6.45, 7) is 8.11. The van der Waals surface area contributed by atoms with Gasteiger partial charge >= 0.3 is 0 Å². The Kier molecular flexibility index (Phi) is 4.26. The molecule has 1 aliphatic rings. The number of hydrogen-bond donors (Lipinski definition) is 1. The van der Waals surface area contributed by atoms with Crippen LogP contribution in [0, 0.1) is 11.3 Å². The molecular weight excluding hydrogens is 226 g/mol. The minimum atomic E-state index is 0.572. The van der Waals surface area contributed by atoms with Gasteiger partial charge in [0.1, 0.15) is 0 Å². The van der Waals surface area contributed by atoms with Crippen LogP contribution >= 0.6 is 11.3 Å². The fourth-order valence-corrected chi connectivity index (χ4v) is 3.84. The Morgan fingerprint density at radius 3 is 2.65 bits per heavy atom. The van der Waals surface area contributed by atoms with Gasteiger partial charge in [0.05, 0.1) is 0 Å². The lowest BCUT2D eigenvalue weighted by molar-refractivity contribution is 0.163. The third-order valence-corrected chi connectivity index (χ3v) is 5.08. The summed E-state index contributed by atoms with van der Waals surface area (Å²) in [7, 11) is 0. The lowest BCUT2D eigenvalue weighted by Crippen LogP contribution is -2.32. The molecule has 1 atom stereocenters. The van der Waals surface area contributed by atoms with Crippen molar-refractivity contribution in [1.29, 1.82) is 0 Å². The highest BCUT2D eigenvalue weighted by atomic mass is 32.1. The second-order valence-electron chi connectivity index (χ2n) is 6.05. The van der Waals surface area contributed by atoms with Gasteiger partial charge in [0, 0.05) is 10.9 Å². The molecule has 0 aromatic carbocycles. The Morgan fingerprint density at radius 1 is 1.41 bits per heavy atom. The molecule has 0 radical (unpaired) electrons. The number of nitrogens with one attached hydrogen (secondary N) is 1. The van der Waals surface area contributed by atoms with E-state index in [1.54, 1.807) is 0 Å². The molecule has 96 valence electrons. The van der Waals surface area contributed by atoms with E-state index in [-0.39, 0.29) is 0 Å². The van der Waals surface area contributed by atoms with Gasteiger partial charge in [-0.15, -0.1) is 11.3 Å². The molecule has 0 saturated heterocycles. The fraction of sp³-hybridized carbons (Fsp3) is 0.733. The van der Waals surface area contributed by atoms with Gasteiger partial charge in [0.2, 0.25) is 0 Å². The van der Waals surface area contributed by atoms with Crippen molar-refractivity contribution >= 4 is 11.3 Å².